The molecule has 24 heavy (non-hydrogen) atoms. The van der Waals surface area contributed by atoms with Gasteiger partial charge in [-0.3, -0.25) is 4.79 Å². The van der Waals surface area contributed by atoms with Crippen molar-refractivity contribution >= 4 is 5.91 Å². The molecule has 2 aliphatic heterocycles. The molecular formula is C16H29NO7. The van der Waals surface area contributed by atoms with E-state index in [2.05, 4.69) is 5.32 Å². The minimum absolute atomic E-state index is 0.125. The second-order valence-corrected chi connectivity index (χ2v) is 6.41. The summed E-state index contributed by atoms with van der Waals surface area (Å²) >= 11 is 0. The molecule has 0 bridgehead atoms. The van der Waals surface area contributed by atoms with Crippen LogP contribution < -0.4 is 5.32 Å². The van der Waals surface area contributed by atoms with E-state index < -0.39 is 12.6 Å². The first-order valence-electron chi connectivity index (χ1n) is 8.32. The molecule has 2 fully saturated rings. The van der Waals surface area contributed by atoms with Crippen LogP contribution in [0.5, 0.6) is 0 Å². The van der Waals surface area contributed by atoms with Gasteiger partial charge in [-0.25, -0.2) is 0 Å². The second kappa shape index (κ2) is 8.55. The highest BCUT2D eigenvalue weighted by atomic mass is 16.7. The van der Waals surface area contributed by atoms with E-state index in [1.54, 1.807) is 14.2 Å². The van der Waals surface area contributed by atoms with Crippen LogP contribution in [0.1, 0.15) is 33.6 Å². The molecule has 0 spiro atoms. The number of aliphatic hydroxyl groups excluding tert-OH is 1. The number of ether oxygens (including phenoxy) is 5. The fraction of sp³-hybridized carbons (Fsp3) is 0.938. The van der Waals surface area contributed by atoms with E-state index in [1.165, 1.54) is 6.92 Å². The van der Waals surface area contributed by atoms with Gasteiger partial charge in [0.25, 0.3) is 0 Å². The summed E-state index contributed by atoms with van der Waals surface area (Å²) in [6, 6.07) is -0.229. The number of hydrogen-bond acceptors (Lipinski definition) is 7. The minimum atomic E-state index is -0.855. The highest BCUT2D eigenvalue weighted by Crippen LogP contribution is 2.29. The van der Waals surface area contributed by atoms with Crippen molar-refractivity contribution in [2.24, 2.45) is 0 Å². The first-order valence-corrected chi connectivity index (χ1v) is 8.32. The van der Waals surface area contributed by atoms with Crippen LogP contribution in [-0.4, -0.2) is 74.4 Å². The van der Waals surface area contributed by atoms with Gasteiger partial charge in [0.2, 0.25) is 5.91 Å². The lowest BCUT2D eigenvalue weighted by atomic mass is 9.98. The molecule has 0 aliphatic carbocycles. The number of rotatable bonds is 5. The standard InChI is InChI=1S/C16H29NO7/c1-8-15(17-10(3)18)11(20-4)7-14(23-8)24-16-9(2)22-13(19)6-12(16)21-5/h8-9,11-16,19H,6-7H2,1-5H3,(H,17,18). The Balaban J connectivity index is 2.01. The Kier molecular flexibility index (Phi) is 6.97. The van der Waals surface area contributed by atoms with Crippen LogP contribution in [0.15, 0.2) is 0 Å². The molecule has 2 aliphatic rings. The van der Waals surface area contributed by atoms with Crippen molar-refractivity contribution in [3.05, 3.63) is 0 Å². The molecule has 2 heterocycles. The molecule has 0 radical (unpaired) electrons. The fourth-order valence-corrected chi connectivity index (χ4v) is 3.41. The van der Waals surface area contributed by atoms with Crippen LogP contribution in [0.25, 0.3) is 0 Å². The number of carbonyl (C=O) groups is 1. The lowest BCUT2D eigenvalue weighted by molar-refractivity contribution is -0.301. The molecule has 0 aromatic rings. The normalized spacial score (nSPS) is 43.4. The molecule has 0 aromatic heterocycles. The molecule has 2 saturated heterocycles. The number of carbonyl (C=O) groups excluding carboxylic acids is 1. The summed E-state index contributed by atoms with van der Waals surface area (Å²) in [5.74, 6) is -0.125. The Labute approximate surface area is 142 Å². The summed E-state index contributed by atoms with van der Waals surface area (Å²) in [7, 11) is 3.19. The number of hydrogen-bond donors (Lipinski definition) is 2. The maximum atomic E-state index is 11.4. The van der Waals surface area contributed by atoms with Crippen molar-refractivity contribution in [2.45, 2.75) is 82.8 Å². The smallest absolute Gasteiger partial charge is 0.217 e. The van der Waals surface area contributed by atoms with E-state index in [1.807, 2.05) is 13.8 Å². The Morgan fingerprint density at radius 2 is 1.75 bits per heavy atom. The predicted molar refractivity (Wildman–Crippen MR) is 84.2 cm³/mol. The monoisotopic (exact) mass is 347 g/mol. The average Bonchev–Trinajstić information content (AvgIpc) is 2.51. The number of aliphatic hydroxyl groups is 1. The summed E-state index contributed by atoms with van der Waals surface area (Å²) in [6.07, 6.45) is -1.97. The molecule has 8 atom stereocenters. The minimum Gasteiger partial charge on any atom is -0.379 e. The van der Waals surface area contributed by atoms with Crippen molar-refractivity contribution in [1.29, 1.82) is 0 Å². The van der Waals surface area contributed by atoms with Crippen LogP contribution in [0.4, 0.5) is 0 Å². The summed E-state index contributed by atoms with van der Waals surface area (Å²) < 4.78 is 28.4. The lowest BCUT2D eigenvalue weighted by Gasteiger charge is -2.44. The zero-order chi connectivity index (χ0) is 17.9. The van der Waals surface area contributed by atoms with Gasteiger partial charge in [0.15, 0.2) is 12.6 Å². The molecule has 140 valence electrons. The molecule has 0 saturated carbocycles. The first kappa shape index (κ1) is 19.6. The Morgan fingerprint density at radius 1 is 1.08 bits per heavy atom. The maximum Gasteiger partial charge on any atom is 0.217 e. The van der Waals surface area contributed by atoms with Crippen molar-refractivity contribution in [2.75, 3.05) is 14.2 Å². The summed E-state index contributed by atoms with van der Waals surface area (Å²) in [6.45, 7) is 5.18. The van der Waals surface area contributed by atoms with E-state index in [9.17, 15) is 9.90 Å². The van der Waals surface area contributed by atoms with Gasteiger partial charge in [-0.15, -0.1) is 0 Å². The van der Waals surface area contributed by atoms with Crippen molar-refractivity contribution < 1.29 is 33.6 Å². The SMILES string of the molecule is COC1CC(OC2C(C)OC(O)CC2OC)OC(C)C1NC(C)=O. The molecule has 8 nitrogen and oxygen atoms in total. The Bertz CT molecular complexity index is 421. The van der Waals surface area contributed by atoms with Crippen molar-refractivity contribution in [3.8, 4) is 0 Å². The molecule has 8 heteroatoms. The molecule has 1 amide bonds. The van der Waals surface area contributed by atoms with Crippen LogP contribution in [0.2, 0.25) is 0 Å². The lowest BCUT2D eigenvalue weighted by Crippen LogP contribution is -2.58. The summed E-state index contributed by atoms with van der Waals surface area (Å²) in [5.41, 5.74) is 0. The van der Waals surface area contributed by atoms with E-state index in [-0.39, 0.29) is 42.5 Å². The fourth-order valence-electron chi connectivity index (χ4n) is 3.41. The summed E-state index contributed by atoms with van der Waals surface area (Å²) in [5, 5.41) is 12.6. The van der Waals surface area contributed by atoms with Gasteiger partial charge in [0.1, 0.15) is 6.10 Å². The van der Waals surface area contributed by atoms with E-state index in [0.29, 0.717) is 12.8 Å². The maximum absolute atomic E-state index is 11.4. The highest BCUT2D eigenvalue weighted by Gasteiger charge is 2.43. The Hall–Kier alpha value is -0.770. The third-order valence-electron chi connectivity index (χ3n) is 4.62. The Morgan fingerprint density at radius 3 is 2.33 bits per heavy atom. The quantitative estimate of drug-likeness (QED) is 0.732. The molecular weight excluding hydrogens is 318 g/mol. The third-order valence-corrected chi connectivity index (χ3v) is 4.62. The van der Waals surface area contributed by atoms with Crippen LogP contribution >= 0.6 is 0 Å². The van der Waals surface area contributed by atoms with E-state index in [0.717, 1.165) is 0 Å². The van der Waals surface area contributed by atoms with Gasteiger partial charge in [-0.2, -0.15) is 0 Å². The van der Waals surface area contributed by atoms with Crippen molar-refractivity contribution in [1.82, 2.24) is 5.32 Å². The van der Waals surface area contributed by atoms with Gasteiger partial charge in [0, 0.05) is 34.0 Å². The average molecular weight is 347 g/mol. The van der Waals surface area contributed by atoms with Crippen molar-refractivity contribution in [3.63, 3.8) is 0 Å². The number of amides is 1. The van der Waals surface area contributed by atoms with Crippen LogP contribution in [0, 0.1) is 0 Å². The zero-order valence-electron chi connectivity index (χ0n) is 14.9. The van der Waals surface area contributed by atoms with Gasteiger partial charge in [-0.1, -0.05) is 0 Å². The van der Waals surface area contributed by atoms with Gasteiger partial charge in [0.05, 0.1) is 30.5 Å². The van der Waals surface area contributed by atoms with Gasteiger partial charge in [-0.05, 0) is 13.8 Å². The molecule has 2 rings (SSSR count). The second-order valence-electron chi connectivity index (χ2n) is 6.41. The van der Waals surface area contributed by atoms with Crippen LogP contribution in [0.3, 0.4) is 0 Å². The van der Waals surface area contributed by atoms with Crippen LogP contribution in [-0.2, 0) is 28.5 Å². The largest absolute Gasteiger partial charge is 0.379 e. The van der Waals surface area contributed by atoms with E-state index in [4.69, 9.17) is 23.7 Å². The highest BCUT2D eigenvalue weighted by molar-refractivity contribution is 5.73. The predicted octanol–water partition coefficient (Wildman–Crippen LogP) is 0.168. The number of nitrogens with one attached hydrogen (secondary N) is 1. The third kappa shape index (κ3) is 4.65. The van der Waals surface area contributed by atoms with E-state index >= 15 is 0 Å². The molecule has 8 unspecified atom stereocenters. The molecule has 0 aromatic carbocycles. The topological polar surface area (TPSA) is 95.5 Å². The zero-order valence-corrected chi connectivity index (χ0v) is 14.9. The number of methoxy groups -OCH3 is 2. The van der Waals surface area contributed by atoms with Gasteiger partial charge >= 0.3 is 0 Å². The summed E-state index contributed by atoms with van der Waals surface area (Å²) in [4.78, 5) is 11.4. The molecule has 2 N–H and O–H groups in total. The van der Waals surface area contributed by atoms with Gasteiger partial charge < -0.3 is 34.1 Å². The first-order chi connectivity index (χ1) is 11.3.